The first kappa shape index (κ1) is 20.9. The van der Waals surface area contributed by atoms with Crippen LogP contribution in [0.5, 0.6) is 0 Å². The van der Waals surface area contributed by atoms with Crippen LogP contribution in [0.2, 0.25) is 0 Å². The van der Waals surface area contributed by atoms with Crippen molar-refractivity contribution in [3.8, 4) is 0 Å². The minimum atomic E-state index is -0.359. The van der Waals surface area contributed by atoms with Crippen molar-refractivity contribution in [1.82, 2.24) is 9.55 Å². The molecule has 1 heterocycles. The zero-order valence-corrected chi connectivity index (χ0v) is 17.9. The number of ether oxygens (including phenoxy) is 1. The number of hydrogen-bond donors (Lipinski definition) is 1. The van der Waals surface area contributed by atoms with Crippen molar-refractivity contribution in [2.45, 2.75) is 39.4 Å². The summed E-state index contributed by atoms with van der Waals surface area (Å²) in [6.45, 7) is 8.87. The molecule has 0 aliphatic rings. The maximum Gasteiger partial charge on any atom is 0.338 e. The second kappa shape index (κ2) is 9.13. The summed E-state index contributed by atoms with van der Waals surface area (Å²) in [6.07, 6.45) is 0. The number of carbonyl (C=O) groups excluding carboxylic acids is 2. The van der Waals surface area contributed by atoms with Gasteiger partial charge in [0.2, 0.25) is 5.91 Å². The van der Waals surface area contributed by atoms with Gasteiger partial charge in [-0.05, 0) is 69.2 Å². The molecular formula is C22H25N3O3S. The van der Waals surface area contributed by atoms with Crippen molar-refractivity contribution in [3.05, 3.63) is 53.1 Å². The lowest BCUT2D eigenvalue weighted by atomic mass is 10.1. The Bertz CT molecular complexity index is 1040. The van der Waals surface area contributed by atoms with Crippen LogP contribution < -0.4 is 5.32 Å². The van der Waals surface area contributed by atoms with E-state index in [2.05, 4.69) is 16.4 Å². The number of anilines is 1. The number of nitrogens with one attached hydrogen (secondary N) is 1. The lowest BCUT2D eigenvalue weighted by Gasteiger charge is -2.08. The molecule has 0 unspecified atom stereocenters. The van der Waals surface area contributed by atoms with Crippen LogP contribution in [0, 0.1) is 13.8 Å². The smallest absolute Gasteiger partial charge is 0.338 e. The Balaban J connectivity index is 1.75. The van der Waals surface area contributed by atoms with Crippen LogP contribution in [0.4, 0.5) is 5.69 Å². The first-order valence-corrected chi connectivity index (χ1v) is 10.6. The molecule has 0 aliphatic carbocycles. The van der Waals surface area contributed by atoms with Crippen LogP contribution in [-0.2, 0) is 16.1 Å². The Morgan fingerprint density at radius 3 is 2.48 bits per heavy atom. The fourth-order valence-electron chi connectivity index (χ4n) is 3.24. The van der Waals surface area contributed by atoms with Gasteiger partial charge in [-0.1, -0.05) is 17.8 Å². The number of hydrogen-bond acceptors (Lipinski definition) is 5. The number of thioether (sulfide) groups is 1. The number of fused-ring (bicyclic) bond motifs is 1. The van der Waals surface area contributed by atoms with Crippen molar-refractivity contribution < 1.29 is 14.3 Å². The standard InChI is InChI=1S/C22H25N3O3S/c1-5-25-19-8-7-16(21(27)28-6-2)12-18(19)24-22(25)29-13-20(26)23-17-10-14(3)9-15(4)11-17/h7-12H,5-6,13H2,1-4H3,(H,23,26). The molecule has 0 radical (unpaired) electrons. The first-order chi connectivity index (χ1) is 13.9. The van der Waals surface area contributed by atoms with E-state index < -0.39 is 0 Å². The zero-order valence-electron chi connectivity index (χ0n) is 17.1. The molecule has 7 heteroatoms. The van der Waals surface area contributed by atoms with Crippen LogP contribution >= 0.6 is 11.8 Å². The third-order valence-corrected chi connectivity index (χ3v) is 5.35. The largest absolute Gasteiger partial charge is 0.462 e. The fraction of sp³-hybridized carbons (Fsp3) is 0.318. The first-order valence-electron chi connectivity index (χ1n) is 9.59. The molecule has 1 aromatic heterocycles. The fourth-order valence-corrected chi connectivity index (χ4v) is 4.12. The van der Waals surface area contributed by atoms with Crippen LogP contribution in [0.25, 0.3) is 11.0 Å². The normalized spacial score (nSPS) is 10.9. The van der Waals surface area contributed by atoms with Crippen molar-refractivity contribution in [1.29, 1.82) is 0 Å². The number of aromatic nitrogens is 2. The zero-order chi connectivity index (χ0) is 21.0. The van der Waals surface area contributed by atoms with E-state index in [9.17, 15) is 9.59 Å². The van der Waals surface area contributed by atoms with E-state index in [-0.39, 0.29) is 17.6 Å². The highest BCUT2D eigenvalue weighted by Gasteiger charge is 2.15. The molecular weight excluding hydrogens is 386 g/mol. The number of benzene rings is 2. The molecule has 0 saturated carbocycles. The Labute approximate surface area is 174 Å². The van der Waals surface area contributed by atoms with E-state index in [1.807, 2.05) is 43.5 Å². The molecule has 1 amide bonds. The SMILES string of the molecule is CCOC(=O)c1ccc2c(c1)nc(SCC(=O)Nc1cc(C)cc(C)c1)n2CC. The summed E-state index contributed by atoms with van der Waals surface area (Å²) in [5.41, 5.74) is 5.14. The Kier molecular flexibility index (Phi) is 6.59. The van der Waals surface area contributed by atoms with Crippen LogP contribution in [0.1, 0.15) is 35.3 Å². The second-order valence-electron chi connectivity index (χ2n) is 6.78. The number of nitrogens with zero attached hydrogens (tertiary/aromatic N) is 2. The van der Waals surface area contributed by atoms with Gasteiger partial charge in [0.25, 0.3) is 0 Å². The molecule has 6 nitrogen and oxygen atoms in total. The Morgan fingerprint density at radius 1 is 1.10 bits per heavy atom. The summed E-state index contributed by atoms with van der Waals surface area (Å²) in [7, 11) is 0. The third-order valence-electron chi connectivity index (χ3n) is 4.38. The molecule has 2 aromatic carbocycles. The lowest BCUT2D eigenvalue weighted by Crippen LogP contribution is -2.14. The van der Waals surface area contributed by atoms with Crippen molar-refractivity contribution in [2.75, 3.05) is 17.7 Å². The van der Waals surface area contributed by atoms with Gasteiger partial charge in [-0.15, -0.1) is 0 Å². The molecule has 0 fully saturated rings. The summed E-state index contributed by atoms with van der Waals surface area (Å²) >= 11 is 1.38. The van der Waals surface area contributed by atoms with Gasteiger partial charge in [-0.25, -0.2) is 9.78 Å². The van der Waals surface area contributed by atoms with Gasteiger partial charge < -0.3 is 14.6 Å². The summed E-state index contributed by atoms with van der Waals surface area (Å²) in [4.78, 5) is 29.0. The van der Waals surface area contributed by atoms with E-state index in [1.54, 1.807) is 19.1 Å². The van der Waals surface area contributed by atoms with Crippen molar-refractivity contribution in [3.63, 3.8) is 0 Å². The molecule has 0 saturated heterocycles. The molecule has 0 aliphatic heterocycles. The van der Waals surface area contributed by atoms with E-state index in [4.69, 9.17) is 4.74 Å². The number of aryl methyl sites for hydroxylation is 3. The van der Waals surface area contributed by atoms with E-state index in [0.717, 1.165) is 39.5 Å². The Morgan fingerprint density at radius 2 is 1.83 bits per heavy atom. The van der Waals surface area contributed by atoms with Gasteiger partial charge in [0.15, 0.2) is 5.16 Å². The van der Waals surface area contributed by atoms with Gasteiger partial charge in [0, 0.05) is 12.2 Å². The molecule has 29 heavy (non-hydrogen) atoms. The second-order valence-corrected chi connectivity index (χ2v) is 7.72. The number of carbonyl (C=O) groups is 2. The van der Waals surface area contributed by atoms with E-state index >= 15 is 0 Å². The maximum absolute atomic E-state index is 12.4. The highest BCUT2D eigenvalue weighted by molar-refractivity contribution is 7.99. The van der Waals surface area contributed by atoms with Crippen molar-refractivity contribution >= 4 is 40.4 Å². The molecule has 0 atom stereocenters. The van der Waals surface area contributed by atoms with Gasteiger partial charge in [0.1, 0.15) is 0 Å². The predicted octanol–water partition coefficient (Wildman–Crippen LogP) is 4.58. The summed E-state index contributed by atoms with van der Waals surface area (Å²) in [6, 6.07) is 11.3. The molecule has 152 valence electrons. The summed E-state index contributed by atoms with van der Waals surface area (Å²) in [5.74, 6) is -0.189. The predicted molar refractivity (Wildman–Crippen MR) is 117 cm³/mol. The van der Waals surface area contributed by atoms with Gasteiger partial charge >= 0.3 is 5.97 Å². The van der Waals surface area contributed by atoms with Gasteiger partial charge in [-0.3, -0.25) is 4.79 Å². The van der Waals surface area contributed by atoms with Gasteiger partial charge in [-0.2, -0.15) is 0 Å². The minimum absolute atomic E-state index is 0.0816. The molecule has 3 aromatic rings. The number of rotatable bonds is 7. The van der Waals surface area contributed by atoms with Crippen molar-refractivity contribution in [2.24, 2.45) is 0 Å². The highest BCUT2D eigenvalue weighted by atomic mass is 32.2. The number of amides is 1. The monoisotopic (exact) mass is 411 g/mol. The average molecular weight is 412 g/mol. The third kappa shape index (κ3) is 4.98. The number of esters is 1. The summed E-state index contributed by atoms with van der Waals surface area (Å²) < 4.78 is 7.10. The molecule has 0 bridgehead atoms. The average Bonchev–Trinajstić information content (AvgIpc) is 3.02. The Hall–Kier alpha value is -2.80. The molecule has 3 rings (SSSR count). The van der Waals surface area contributed by atoms with Gasteiger partial charge in [0.05, 0.1) is 29.0 Å². The quantitative estimate of drug-likeness (QED) is 0.455. The summed E-state index contributed by atoms with van der Waals surface area (Å²) in [5, 5.41) is 3.69. The number of imidazole rings is 1. The molecule has 0 spiro atoms. The van der Waals surface area contributed by atoms with E-state index in [1.165, 1.54) is 11.8 Å². The maximum atomic E-state index is 12.4. The van der Waals surface area contributed by atoms with Crippen LogP contribution in [-0.4, -0.2) is 33.8 Å². The minimum Gasteiger partial charge on any atom is -0.462 e. The topological polar surface area (TPSA) is 73.2 Å². The van der Waals surface area contributed by atoms with E-state index in [0.29, 0.717) is 12.2 Å². The van der Waals surface area contributed by atoms with Crippen LogP contribution in [0.3, 0.4) is 0 Å². The van der Waals surface area contributed by atoms with Crippen LogP contribution in [0.15, 0.2) is 41.6 Å². The molecule has 1 N–H and O–H groups in total. The lowest BCUT2D eigenvalue weighted by molar-refractivity contribution is -0.113. The highest BCUT2D eigenvalue weighted by Crippen LogP contribution is 2.25.